The number of carbonyl (C=O) groups excluding carboxylic acids is 1. The molecule has 0 aromatic rings. The smallest absolute Gasteiger partial charge is 0.220 e. The molecule has 2 heterocycles. The largest absolute Gasteiger partial charge is 0.394 e. The second-order valence-electron chi connectivity index (χ2n) is 20.1. The van der Waals surface area contributed by atoms with Crippen LogP contribution in [0.1, 0.15) is 219 Å². The van der Waals surface area contributed by atoms with Gasteiger partial charge in [0.25, 0.3) is 0 Å². The summed E-state index contributed by atoms with van der Waals surface area (Å²) in [6.45, 7) is 2.74. The number of amides is 1. The van der Waals surface area contributed by atoms with E-state index in [1.807, 2.05) is 6.08 Å². The molecular formula is C56H103NO13. The molecule has 2 aliphatic heterocycles. The molecular weight excluding hydrogens is 895 g/mol. The van der Waals surface area contributed by atoms with E-state index in [0.29, 0.717) is 12.8 Å². The number of aliphatic hydroxyl groups is 8. The van der Waals surface area contributed by atoms with Crippen LogP contribution in [0.25, 0.3) is 0 Å². The lowest BCUT2D eigenvalue weighted by molar-refractivity contribution is -0.359. The number of ether oxygens (including phenoxy) is 4. The molecule has 12 atom stereocenters. The molecule has 0 saturated carbocycles. The number of aliphatic hydroxyl groups excluding tert-OH is 8. The van der Waals surface area contributed by atoms with Gasteiger partial charge in [-0.1, -0.05) is 204 Å². The van der Waals surface area contributed by atoms with Crippen LogP contribution in [0.4, 0.5) is 0 Å². The summed E-state index contributed by atoms with van der Waals surface area (Å²) < 4.78 is 22.7. The topological polar surface area (TPSA) is 228 Å². The van der Waals surface area contributed by atoms with Crippen molar-refractivity contribution in [3.05, 3.63) is 36.5 Å². The molecule has 0 aromatic heterocycles. The Kier molecular flexibility index (Phi) is 39.1. The zero-order valence-electron chi connectivity index (χ0n) is 43.8. The van der Waals surface area contributed by atoms with Gasteiger partial charge in [0.1, 0.15) is 48.8 Å². The lowest BCUT2D eigenvalue weighted by Crippen LogP contribution is -2.65. The first-order valence-corrected chi connectivity index (χ1v) is 28.2. The van der Waals surface area contributed by atoms with Gasteiger partial charge in [-0.25, -0.2) is 0 Å². The lowest BCUT2D eigenvalue weighted by Gasteiger charge is -2.46. The van der Waals surface area contributed by atoms with Crippen LogP contribution in [0.15, 0.2) is 36.5 Å². The van der Waals surface area contributed by atoms with Crippen molar-refractivity contribution in [1.82, 2.24) is 5.32 Å². The van der Waals surface area contributed by atoms with E-state index in [4.69, 9.17) is 18.9 Å². The highest BCUT2D eigenvalue weighted by atomic mass is 16.7. The third-order valence-electron chi connectivity index (χ3n) is 13.8. The van der Waals surface area contributed by atoms with E-state index >= 15 is 0 Å². The van der Waals surface area contributed by atoms with E-state index in [1.54, 1.807) is 6.08 Å². The Bertz CT molecular complexity index is 1320. The van der Waals surface area contributed by atoms with Gasteiger partial charge in [-0.05, 0) is 44.9 Å². The van der Waals surface area contributed by atoms with Crippen molar-refractivity contribution in [1.29, 1.82) is 0 Å². The van der Waals surface area contributed by atoms with Crippen molar-refractivity contribution in [2.75, 3.05) is 19.8 Å². The molecule has 0 spiro atoms. The van der Waals surface area contributed by atoms with Crippen LogP contribution in [0, 0.1) is 0 Å². The molecule has 0 aliphatic carbocycles. The molecule has 410 valence electrons. The molecule has 1 amide bonds. The Hall–Kier alpha value is -1.79. The molecule has 2 saturated heterocycles. The predicted molar refractivity (Wildman–Crippen MR) is 277 cm³/mol. The van der Waals surface area contributed by atoms with Gasteiger partial charge in [-0.3, -0.25) is 4.79 Å². The van der Waals surface area contributed by atoms with Crippen molar-refractivity contribution in [3.8, 4) is 0 Å². The van der Waals surface area contributed by atoms with Crippen molar-refractivity contribution < 1.29 is 64.6 Å². The minimum Gasteiger partial charge on any atom is -0.394 e. The minimum atomic E-state index is -1.79. The van der Waals surface area contributed by atoms with Crippen LogP contribution in [0.2, 0.25) is 0 Å². The van der Waals surface area contributed by atoms with E-state index in [1.165, 1.54) is 141 Å². The molecule has 0 radical (unpaired) electrons. The van der Waals surface area contributed by atoms with Gasteiger partial charge in [0.15, 0.2) is 12.6 Å². The number of unbranched alkanes of at least 4 members (excludes halogenated alkanes) is 27. The van der Waals surface area contributed by atoms with Gasteiger partial charge in [0.05, 0.1) is 32.0 Å². The Balaban J connectivity index is 1.76. The fourth-order valence-electron chi connectivity index (χ4n) is 9.21. The van der Waals surface area contributed by atoms with Crippen LogP contribution >= 0.6 is 0 Å². The predicted octanol–water partition coefficient (Wildman–Crippen LogP) is 8.66. The molecule has 0 bridgehead atoms. The van der Waals surface area contributed by atoms with E-state index in [2.05, 4.69) is 43.5 Å². The summed E-state index contributed by atoms with van der Waals surface area (Å²) >= 11 is 0. The molecule has 0 aromatic carbocycles. The molecule has 70 heavy (non-hydrogen) atoms. The van der Waals surface area contributed by atoms with Crippen molar-refractivity contribution in [2.24, 2.45) is 0 Å². The van der Waals surface area contributed by atoms with Crippen LogP contribution in [0.5, 0.6) is 0 Å². The second kappa shape index (κ2) is 42.6. The summed E-state index contributed by atoms with van der Waals surface area (Å²) in [4.78, 5) is 13.2. The van der Waals surface area contributed by atoms with Crippen LogP contribution in [-0.4, -0.2) is 140 Å². The summed E-state index contributed by atoms with van der Waals surface area (Å²) in [7, 11) is 0. The summed E-state index contributed by atoms with van der Waals surface area (Å²) in [6, 6.07) is -0.934. The number of hydrogen-bond donors (Lipinski definition) is 9. The molecule has 12 unspecified atom stereocenters. The van der Waals surface area contributed by atoms with Gasteiger partial charge in [0.2, 0.25) is 5.91 Å². The average Bonchev–Trinajstić information content (AvgIpc) is 3.36. The number of allylic oxidation sites excluding steroid dienone is 5. The quantitative estimate of drug-likeness (QED) is 0.0206. The van der Waals surface area contributed by atoms with Gasteiger partial charge >= 0.3 is 0 Å². The Morgan fingerprint density at radius 3 is 1.40 bits per heavy atom. The number of nitrogens with one attached hydrogen (secondary N) is 1. The highest BCUT2D eigenvalue weighted by Crippen LogP contribution is 2.30. The number of hydrogen-bond acceptors (Lipinski definition) is 13. The molecule has 14 nitrogen and oxygen atoms in total. The Labute approximate surface area is 423 Å². The molecule has 2 rings (SSSR count). The van der Waals surface area contributed by atoms with Crippen LogP contribution in [-0.2, 0) is 23.7 Å². The van der Waals surface area contributed by atoms with Crippen LogP contribution in [0.3, 0.4) is 0 Å². The van der Waals surface area contributed by atoms with Gasteiger partial charge in [-0.15, -0.1) is 0 Å². The highest BCUT2D eigenvalue weighted by Gasteiger charge is 2.51. The highest BCUT2D eigenvalue weighted by molar-refractivity contribution is 5.76. The zero-order chi connectivity index (χ0) is 51.0. The summed E-state index contributed by atoms with van der Waals surface area (Å²) in [5.41, 5.74) is 0. The van der Waals surface area contributed by atoms with E-state index in [-0.39, 0.29) is 18.9 Å². The van der Waals surface area contributed by atoms with Crippen molar-refractivity contribution in [2.45, 2.75) is 293 Å². The normalized spacial score (nSPS) is 26.2. The standard InChI is InChI=1S/C56H103NO13/c1-3-5-7-9-11-13-15-17-18-19-20-21-22-23-24-25-26-28-30-32-34-36-38-40-48(61)57-44(45(60)39-37-35-33-31-29-27-16-14-12-10-8-6-4-2)43-67-55-53(66)51(64)54(47(42-59)69-55)70-56-52(65)50(63)49(62)46(41-58)68-56/h12,14,29,31,37,39,44-47,49-56,58-60,62-66H,3-11,13,15-28,30,32-36,38,40-43H2,1-2H3,(H,57,61)/b14-12+,31-29+,39-37+. The number of rotatable bonds is 44. The maximum atomic E-state index is 13.2. The maximum absolute atomic E-state index is 13.2. The molecule has 2 fully saturated rings. The zero-order valence-corrected chi connectivity index (χ0v) is 43.8. The first-order valence-electron chi connectivity index (χ1n) is 28.2. The SMILES string of the molecule is CCCCC/C=C/CC/C=C/CC/C=C/C(O)C(COC1OC(CO)C(OC2OC(CO)C(O)C(O)C2O)C(O)C1O)NC(=O)CCCCCCCCCCCCCCCCCCCCCCCCC. The third-order valence-corrected chi connectivity index (χ3v) is 13.8. The van der Waals surface area contributed by atoms with E-state index in [9.17, 15) is 45.6 Å². The van der Waals surface area contributed by atoms with E-state index in [0.717, 1.165) is 44.9 Å². The molecule has 9 N–H and O–H groups in total. The maximum Gasteiger partial charge on any atom is 0.220 e. The lowest BCUT2D eigenvalue weighted by atomic mass is 9.97. The Morgan fingerprint density at radius 2 is 0.914 bits per heavy atom. The Morgan fingerprint density at radius 1 is 0.500 bits per heavy atom. The fraction of sp³-hybridized carbons (Fsp3) is 0.875. The van der Waals surface area contributed by atoms with E-state index < -0.39 is 86.8 Å². The van der Waals surface area contributed by atoms with Gasteiger partial charge in [-0.2, -0.15) is 0 Å². The van der Waals surface area contributed by atoms with Gasteiger partial charge < -0.3 is 65.1 Å². The minimum absolute atomic E-state index is 0.252. The molecule has 14 heteroatoms. The number of carbonyl (C=O) groups is 1. The second-order valence-corrected chi connectivity index (χ2v) is 20.1. The summed E-state index contributed by atoms with van der Waals surface area (Å²) in [5, 5.41) is 86.8. The van der Waals surface area contributed by atoms with Crippen LogP contribution < -0.4 is 5.32 Å². The fourth-order valence-corrected chi connectivity index (χ4v) is 9.21. The van der Waals surface area contributed by atoms with Crippen molar-refractivity contribution in [3.63, 3.8) is 0 Å². The summed E-state index contributed by atoms with van der Waals surface area (Å²) in [6.07, 6.45) is 33.4. The first-order chi connectivity index (χ1) is 34.1. The third kappa shape index (κ3) is 28.6. The molecule has 2 aliphatic rings. The van der Waals surface area contributed by atoms with Gasteiger partial charge in [0, 0.05) is 6.42 Å². The monoisotopic (exact) mass is 998 g/mol. The van der Waals surface area contributed by atoms with Crippen molar-refractivity contribution >= 4 is 5.91 Å². The first kappa shape index (κ1) is 64.3. The average molecular weight is 998 g/mol. The summed E-state index contributed by atoms with van der Waals surface area (Å²) in [5.74, 6) is -0.252.